The highest BCUT2D eigenvalue weighted by Gasteiger charge is 2.10. The average Bonchev–Trinajstić information content (AvgIpc) is 2.36. The Morgan fingerprint density at radius 3 is 2.11 bits per heavy atom. The van der Waals surface area contributed by atoms with E-state index in [-0.39, 0.29) is 0 Å². The third-order valence-electron chi connectivity index (χ3n) is 3.13. The van der Waals surface area contributed by atoms with E-state index in [2.05, 4.69) is 5.11 Å². The van der Waals surface area contributed by atoms with Crippen molar-refractivity contribution in [2.75, 3.05) is 0 Å². The number of nitrogens with zero attached hydrogens (tertiary/aromatic N) is 2. The number of hydrogen-bond acceptors (Lipinski definition) is 2. The van der Waals surface area contributed by atoms with Crippen LogP contribution in [-0.2, 0) is 0 Å². The maximum Gasteiger partial charge on any atom is 0.248 e. The molecule has 0 N–H and O–H groups in total. The van der Waals surface area contributed by atoms with Gasteiger partial charge in [-0.1, -0.05) is 24.3 Å². The smallest absolute Gasteiger partial charge is 0.248 e. The molecule has 0 unspecified atom stereocenters. The maximum absolute atomic E-state index is 12.2. The first-order valence-corrected chi connectivity index (χ1v) is 6.31. The number of aryl methyl sites for hydroxylation is 4. The summed E-state index contributed by atoms with van der Waals surface area (Å²) >= 11 is 0. The van der Waals surface area contributed by atoms with Gasteiger partial charge in [0.1, 0.15) is 5.69 Å². The molecule has 98 valence electrons. The summed E-state index contributed by atoms with van der Waals surface area (Å²) in [5.74, 6) is 0. The Labute approximate surface area is 113 Å². The summed E-state index contributed by atoms with van der Waals surface area (Å²) in [5, 5.41) is 16.4. The first kappa shape index (κ1) is 13.3. The van der Waals surface area contributed by atoms with Crippen molar-refractivity contribution >= 4 is 11.4 Å². The first-order chi connectivity index (χ1) is 8.97. The number of rotatable bonds is 2. The van der Waals surface area contributed by atoms with Gasteiger partial charge in [-0.15, -0.1) is 0 Å². The predicted molar refractivity (Wildman–Crippen MR) is 77.2 cm³/mol. The largest absolute Gasteiger partial charge is 0.594 e. The molecular weight excluding hydrogens is 236 g/mol. The van der Waals surface area contributed by atoms with Gasteiger partial charge in [0, 0.05) is 16.7 Å². The third kappa shape index (κ3) is 2.99. The van der Waals surface area contributed by atoms with Crippen LogP contribution in [0.2, 0.25) is 0 Å². The second-order valence-corrected chi connectivity index (χ2v) is 4.95. The van der Waals surface area contributed by atoms with Crippen molar-refractivity contribution in [3.63, 3.8) is 0 Å². The lowest BCUT2D eigenvalue weighted by Crippen LogP contribution is -1.94. The summed E-state index contributed by atoms with van der Waals surface area (Å²) in [4.78, 5) is 0.712. The van der Waals surface area contributed by atoms with E-state index in [0.717, 1.165) is 27.9 Å². The van der Waals surface area contributed by atoms with Crippen LogP contribution in [0.5, 0.6) is 0 Å². The minimum absolute atomic E-state index is 0.598. The number of azo groups is 1. The van der Waals surface area contributed by atoms with Crippen LogP contribution in [-0.4, -0.2) is 4.86 Å². The zero-order chi connectivity index (χ0) is 14.0. The second kappa shape index (κ2) is 5.22. The monoisotopic (exact) mass is 254 g/mol. The quantitative estimate of drug-likeness (QED) is 0.429. The Hall–Kier alpha value is -2.16. The lowest BCUT2D eigenvalue weighted by molar-refractivity contribution is -0.435. The Balaban J connectivity index is 2.48. The van der Waals surface area contributed by atoms with E-state index in [4.69, 9.17) is 0 Å². The molecule has 2 aromatic rings. The normalized spacial score (nSPS) is 11.7. The molecule has 3 heteroatoms. The van der Waals surface area contributed by atoms with Gasteiger partial charge >= 0.3 is 0 Å². The predicted octanol–water partition coefficient (Wildman–Crippen LogP) is 4.85. The van der Waals surface area contributed by atoms with Gasteiger partial charge in [0.05, 0.1) is 0 Å². The highest BCUT2D eigenvalue weighted by atomic mass is 16.5. The topological polar surface area (TPSA) is 38.4 Å². The van der Waals surface area contributed by atoms with E-state index >= 15 is 0 Å². The Morgan fingerprint density at radius 1 is 0.842 bits per heavy atom. The standard InChI is InChI=1S/C16H18N2O/c1-11-5-7-13(3)15(9-11)17-18(19)16-10-12(2)6-8-14(16)4/h5-10H,1-4H3. The van der Waals surface area contributed by atoms with Crippen molar-refractivity contribution in [3.05, 3.63) is 63.9 Å². The molecule has 0 aromatic heterocycles. The molecule has 0 aliphatic rings. The van der Waals surface area contributed by atoms with Crippen LogP contribution < -0.4 is 0 Å². The molecule has 0 aliphatic heterocycles. The molecule has 0 radical (unpaired) electrons. The highest BCUT2D eigenvalue weighted by molar-refractivity contribution is 5.47. The molecule has 2 aromatic carbocycles. The fourth-order valence-corrected chi connectivity index (χ4v) is 1.90. The summed E-state index contributed by atoms with van der Waals surface area (Å²) < 4.78 is 0. The van der Waals surface area contributed by atoms with E-state index < -0.39 is 0 Å². The van der Waals surface area contributed by atoms with Crippen LogP contribution in [0.15, 0.2) is 41.5 Å². The van der Waals surface area contributed by atoms with Crippen molar-refractivity contribution in [1.82, 2.24) is 0 Å². The van der Waals surface area contributed by atoms with Crippen LogP contribution in [0.1, 0.15) is 22.3 Å². The molecule has 0 spiro atoms. The minimum atomic E-state index is 0.598. The van der Waals surface area contributed by atoms with Gasteiger partial charge in [-0.25, -0.2) is 0 Å². The summed E-state index contributed by atoms with van der Waals surface area (Å²) in [7, 11) is 0. The van der Waals surface area contributed by atoms with Crippen LogP contribution in [0, 0.1) is 32.9 Å². The Morgan fingerprint density at radius 2 is 1.42 bits per heavy atom. The zero-order valence-electron chi connectivity index (χ0n) is 11.8. The van der Waals surface area contributed by atoms with Crippen molar-refractivity contribution in [1.29, 1.82) is 0 Å². The number of benzene rings is 2. The SMILES string of the molecule is Cc1ccc(C)c(N=[N+]([O-])c2cc(C)ccc2C)c1. The average molecular weight is 254 g/mol. The highest BCUT2D eigenvalue weighted by Crippen LogP contribution is 2.25. The van der Waals surface area contributed by atoms with Gasteiger partial charge in [0.25, 0.3) is 0 Å². The van der Waals surface area contributed by atoms with Gasteiger partial charge in [-0.3, -0.25) is 0 Å². The van der Waals surface area contributed by atoms with E-state index in [1.165, 1.54) is 0 Å². The first-order valence-electron chi connectivity index (χ1n) is 6.31. The van der Waals surface area contributed by atoms with Crippen molar-refractivity contribution in [2.45, 2.75) is 27.7 Å². The summed E-state index contributed by atoms with van der Waals surface area (Å²) in [6.07, 6.45) is 0. The summed E-state index contributed by atoms with van der Waals surface area (Å²) in [5.41, 5.74) is 5.39. The van der Waals surface area contributed by atoms with Gasteiger partial charge in [0.15, 0.2) is 0 Å². The van der Waals surface area contributed by atoms with E-state index in [9.17, 15) is 5.21 Å². The van der Waals surface area contributed by atoms with Crippen LogP contribution in [0.3, 0.4) is 0 Å². The second-order valence-electron chi connectivity index (χ2n) is 4.95. The fourth-order valence-electron chi connectivity index (χ4n) is 1.90. The van der Waals surface area contributed by atoms with Gasteiger partial charge in [-0.05, 0) is 55.3 Å². The lowest BCUT2D eigenvalue weighted by Gasteiger charge is -2.05. The molecular formula is C16H18N2O. The molecule has 19 heavy (non-hydrogen) atoms. The number of hydrogen-bond donors (Lipinski definition) is 0. The molecule has 0 saturated carbocycles. The van der Waals surface area contributed by atoms with Gasteiger partial charge in [0.2, 0.25) is 5.69 Å². The van der Waals surface area contributed by atoms with Crippen molar-refractivity contribution < 1.29 is 4.86 Å². The van der Waals surface area contributed by atoms with Crippen molar-refractivity contribution in [2.24, 2.45) is 5.11 Å². The lowest BCUT2D eigenvalue weighted by atomic mass is 10.1. The molecule has 0 bridgehead atoms. The van der Waals surface area contributed by atoms with Crippen molar-refractivity contribution in [3.8, 4) is 0 Å². The molecule has 0 amide bonds. The Kier molecular flexibility index (Phi) is 3.65. The van der Waals surface area contributed by atoms with E-state index in [0.29, 0.717) is 10.5 Å². The van der Waals surface area contributed by atoms with E-state index in [1.54, 1.807) is 0 Å². The fraction of sp³-hybridized carbons (Fsp3) is 0.250. The minimum Gasteiger partial charge on any atom is -0.594 e. The molecule has 0 fully saturated rings. The summed E-state index contributed by atoms with van der Waals surface area (Å²) in [6.45, 7) is 7.83. The van der Waals surface area contributed by atoms with Crippen LogP contribution in [0.4, 0.5) is 11.4 Å². The maximum atomic E-state index is 12.2. The molecule has 0 saturated heterocycles. The van der Waals surface area contributed by atoms with Gasteiger partial charge < -0.3 is 5.21 Å². The molecule has 0 aliphatic carbocycles. The summed E-state index contributed by atoms with van der Waals surface area (Å²) in [6, 6.07) is 11.7. The van der Waals surface area contributed by atoms with Crippen LogP contribution in [0.25, 0.3) is 0 Å². The molecule has 0 atom stereocenters. The molecule has 0 heterocycles. The third-order valence-corrected chi connectivity index (χ3v) is 3.13. The van der Waals surface area contributed by atoms with Crippen LogP contribution >= 0.6 is 0 Å². The molecule has 3 nitrogen and oxygen atoms in total. The van der Waals surface area contributed by atoms with E-state index in [1.807, 2.05) is 64.1 Å². The Bertz CT molecular complexity index is 645. The molecule has 2 rings (SSSR count). The zero-order valence-corrected chi connectivity index (χ0v) is 11.8. The van der Waals surface area contributed by atoms with Gasteiger partial charge in [-0.2, -0.15) is 0 Å².